The van der Waals surface area contributed by atoms with Crippen molar-refractivity contribution in [2.45, 2.75) is 6.92 Å². The van der Waals surface area contributed by atoms with Crippen molar-refractivity contribution in [2.75, 3.05) is 33.3 Å². The lowest BCUT2D eigenvalue weighted by Gasteiger charge is -2.14. The van der Waals surface area contributed by atoms with Crippen LogP contribution in [-0.4, -0.2) is 39.8 Å². The van der Waals surface area contributed by atoms with Crippen LogP contribution < -0.4 is 19.5 Å². The lowest BCUT2D eigenvalue weighted by molar-refractivity contribution is -0.137. The van der Waals surface area contributed by atoms with E-state index in [1.807, 2.05) is 0 Å². The van der Waals surface area contributed by atoms with E-state index in [9.17, 15) is 9.59 Å². The van der Waals surface area contributed by atoms with Crippen molar-refractivity contribution >= 4 is 23.6 Å². The molecule has 0 radical (unpaired) electrons. The fraction of sp³-hybridized carbons (Fsp3) is 0.238. The van der Waals surface area contributed by atoms with Crippen LogP contribution in [0.3, 0.4) is 0 Å². The van der Waals surface area contributed by atoms with E-state index >= 15 is 0 Å². The second-order valence-electron chi connectivity index (χ2n) is 5.57. The van der Waals surface area contributed by atoms with Gasteiger partial charge in [-0.1, -0.05) is 12.1 Å². The third-order valence-electron chi connectivity index (χ3n) is 3.82. The maximum Gasteiger partial charge on any atom is 0.330 e. The number of carbonyl (C=O) groups is 2. The number of hydrogen-bond acceptors (Lipinski definition) is 6. The molecule has 0 saturated carbocycles. The molecule has 0 spiro atoms. The lowest BCUT2D eigenvalue weighted by atomic mass is 10.1. The Labute approximate surface area is 163 Å². The Kier molecular flexibility index (Phi) is 7.45. The van der Waals surface area contributed by atoms with Crippen LogP contribution in [0.1, 0.15) is 22.8 Å². The van der Waals surface area contributed by atoms with Crippen molar-refractivity contribution < 1.29 is 28.5 Å². The van der Waals surface area contributed by atoms with Gasteiger partial charge in [0.25, 0.3) is 5.91 Å². The van der Waals surface area contributed by atoms with Crippen LogP contribution in [0.5, 0.6) is 17.2 Å². The molecule has 0 aliphatic rings. The van der Waals surface area contributed by atoms with Crippen LogP contribution >= 0.6 is 0 Å². The molecule has 0 aliphatic carbocycles. The molecule has 0 heterocycles. The Balaban J connectivity index is 2.15. The van der Waals surface area contributed by atoms with Gasteiger partial charge in [-0.05, 0) is 30.7 Å². The van der Waals surface area contributed by atoms with Crippen molar-refractivity contribution in [1.29, 1.82) is 0 Å². The topological polar surface area (TPSA) is 83.1 Å². The summed E-state index contributed by atoms with van der Waals surface area (Å²) in [6, 6.07) is 10.2. The van der Waals surface area contributed by atoms with Gasteiger partial charge in [-0.25, -0.2) is 4.79 Å². The highest BCUT2D eigenvalue weighted by Gasteiger charge is 2.17. The molecule has 2 aromatic carbocycles. The molecule has 1 amide bonds. The summed E-state index contributed by atoms with van der Waals surface area (Å²) in [5.41, 5.74) is 1.70. The van der Waals surface area contributed by atoms with E-state index in [2.05, 4.69) is 5.32 Å². The van der Waals surface area contributed by atoms with Crippen LogP contribution in [0.25, 0.3) is 6.08 Å². The summed E-state index contributed by atoms with van der Waals surface area (Å²) < 4.78 is 20.6. The molecular weight excluding hydrogens is 362 g/mol. The van der Waals surface area contributed by atoms with Crippen LogP contribution in [0, 0.1) is 0 Å². The van der Waals surface area contributed by atoms with E-state index < -0.39 is 5.97 Å². The third kappa shape index (κ3) is 5.26. The van der Waals surface area contributed by atoms with E-state index in [4.69, 9.17) is 18.9 Å². The summed E-state index contributed by atoms with van der Waals surface area (Å²) in [5, 5.41) is 2.80. The number of anilines is 1. The predicted octanol–water partition coefficient (Wildman–Crippen LogP) is 3.54. The Morgan fingerprint density at radius 3 is 2.11 bits per heavy atom. The minimum Gasteiger partial charge on any atom is -0.496 e. The van der Waals surface area contributed by atoms with E-state index in [0.717, 1.165) is 5.56 Å². The van der Waals surface area contributed by atoms with Crippen molar-refractivity contribution in [3.63, 3.8) is 0 Å². The van der Waals surface area contributed by atoms with Crippen LogP contribution in [0.2, 0.25) is 0 Å². The normalized spacial score (nSPS) is 10.4. The number of methoxy groups -OCH3 is 3. The molecule has 1 N–H and O–H groups in total. The van der Waals surface area contributed by atoms with Crippen molar-refractivity contribution in [2.24, 2.45) is 0 Å². The second-order valence-corrected chi connectivity index (χ2v) is 5.57. The summed E-state index contributed by atoms with van der Waals surface area (Å²) in [6.45, 7) is 2.07. The molecule has 0 bridgehead atoms. The SMILES string of the molecule is CCOC(=O)/C=C/c1ccc(NC(=O)c2cc(OC)c(OC)cc2OC)cc1. The van der Waals surface area contributed by atoms with E-state index in [1.165, 1.54) is 27.4 Å². The monoisotopic (exact) mass is 385 g/mol. The standard InChI is InChI=1S/C21H23NO6/c1-5-28-20(23)11-8-14-6-9-15(10-7-14)22-21(24)16-12-18(26-3)19(27-4)13-17(16)25-2/h6-13H,5H2,1-4H3,(H,22,24)/b11-8+. The summed E-state index contributed by atoms with van der Waals surface area (Å²) in [5.74, 6) is 0.499. The van der Waals surface area contributed by atoms with Crippen LogP contribution in [0.15, 0.2) is 42.5 Å². The quantitative estimate of drug-likeness (QED) is 0.553. The van der Waals surface area contributed by atoms with Gasteiger partial charge in [0.05, 0.1) is 33.5 Å². The van der Waals surface area contributed by atoms with Crippen molar-refractivity contribution in [1.82, 2.24) is 0 Å². The lowest BCUT2D eigenvalue weighted by Crippen LogP contribution is -2.13. The molecule has 148 valence electrons. The van der Waals surface area contributed by atoms with Gasteiger partial charge < -0.3 is 24.3 Å². The van der Waals surface area contributed by atoms with Gasteiger partial charge in [-0.2, -0.15) is 0 Å². The molecule has 0 atom stereocenters. The summed E-state index contributed by atoms with van der Waals surface area (Å²) in [6.07, 6.45) is 2.99. The Morgan fingerprint density at radius 1 is 0.929 bits per heavy atom. The average Bonchev–Trinajstić information content (AvgIpc) is 2.72. The summed E-state index contributed by atoms with van der Waals surface area (Å²) in [7, 11) is 4.48. The predicted molar refractivity (Wildman–Crippen MR) is 106 cm³/mol. The first-order valence-corrected chi connectivity index (χ1v) is 8.58. The number of ether oxygens (including phenoxy) is 4. The molecular formula is C21H23NO6. The van der Waals surface area contributed by atoms with Gasteiger partial charge in [-0.15, -0.1) is 0 Å². The summed E-state index contributed by atoms with van der Waals surface area (Å²) in [4.78, 5) is 24.0. The fourth-order valence-electron chi connectivity index (χ4n) is 2.44. The average molecular weight is 385 g/mol. The first kappa shape index (κ1) is 20.8. The minimum atomic E-state index is -0.402. The molecule has 0 saturated heterocycles. The molecule has 7 heteroatoms. The zero-order chi connectivity index (χ0) is 20.5. The number of esters is 1. The highest BCUT2D eigenvalue weighted by molar-refractivity contribution is 6.06. The van der Waals surface area contributed by atoms with Gasteiger partial charge in [0.1, 0.15) is 5.75 Å². The van der Waals surface area contributed by atoms with Gasteiger partial charge in [0.15, 0.2) is 11.5 Å². The van der Waals surface area contributed by atoms with E-state index in [1.54, 1.807) is 49.4 Å². The van der Waals surface area contributed by atoms with Gasteiger partial charge in [0, 0.05) is 23.9 Å². The largest absolute Gasteiger partial charge is 0.496 e. The Bertz CT molecular complexity index is 858. The molecule has 0 aliphatic heterocycles. The van der Waals surface area contributed by atoms with Crippen molar-refractivity contribution in [3.8, 4) is 17.2 Å². The zero-order valence-corrected chi connectivity index (χ0v) is 16.3. The molecule has 28 heavy (non-hydrogen) atoms. The van der Waals surface area contributed by atoms with E-state index in [0.29, 0.717) is 35.1 Å². The highest BCUT2D eigenvalue weighted by atomic mass is 16.5. The number of nitrogens with one attached hydrogen (secondary N) is 1. The third-order valence-corrected chi connectivity index (χ3v) is 3.82. The fourth-order valence-corrected chi connectivity index (χ4v) is 2.44. The zero-order valence-electron chi connectivity index (χ0n) is 16.3. The first-order valence-electron chi connectivity index (χ1n) is 8.58. The minimum absolute atomic E-state index is 0.312. The maximum absolute atomic E-state index is 12.7. The number of benzene rings is 2. The molecule has 0 unspecified atom stereocenters. The van der Waals surface area contributed by atoms with Gasteiger partial charge in [0.2, 0.25) is 0 Å². The molecule has 7 nitrogen and oxygen atoms in total. The van der Waals surface area contributed by atoms with Gasteiger partial charge >= 0.3 is 5.97 Å². The number of hydrogen-bond donors (Lipinski definition) is 1. The van der Waals surface area contributed by atoms with E-state index in [-0.39, 0.29) is 5.91 Å². The number of carbonyl (C=O) groups excluding carboxylic acids is 2. The van der Waals surface area contributed by atoms with Crippen LogP contribution in [0.4, 0.5) is 5.69 Å². The maximum atomic E-state index is 12.7. The Morgan fingerprint density at radius 2 is 1.54 bits per heavy atom. The second kappa shape index (κ2) is 10.0. The number of rotatable bonds is 8. The van der Waals surface area contributed by atoms with Gasteiger partial charge in [-0.3, -0.25) is 4.79 Å². The first-order chi connectivity index (χ1) is 13.5. The molecule has 0 aromatic heterocycles. The van der Waals surface area contributed by atoms with Crippen molar-refractivity contribution in [3.05, 3.63) is 53.6 Å². The summed E-state index contributed by atoms with van der Waals surface area (Å²) >= 11 is 0. The molecule has 2 rings (SSSR count). The Hall–Kier alpha value is -3.48. The molecule has 2 aromatic rings. The van der Waals surface area contributed by atoms with Crippen LogP contribution in [-0.2, 0) is 9.53 Å². The highest BCUT2D eigenvalue weighted by Crippen LogP contribution is 2.34. The number of amides is 1. The molecule has 0 fully saturated rings. The smallest absolute Gasteiger partial charge is 0.330 e.